The summed E-state index contributed by atoms with van der Waals surface area (Å²) >= 11 is 9.46. The van der Waals surface area contributed by atoms with Crippen LogP contribution in [0.3, 0.4) is 0 Å². The van der Waals surface area contributed by atoms with E-state index in [4.69, 9.17) is 21.1 Å². The minimum absolute atomic E-state index is 0.126. The van der Waals surface area contributed by atoms with Crippen LogP contribution in [-0.2, 0) is 23.2 Å². The van der Waals surface area contributed by atoms with Crippen molar-refractivity contribution in [1.82, 2.24) is 5.43 Å². The van der Waals surface area contributed by atoms with Gasteiger partial charge in [-0.15, -0.1) is 0 Å². The van der Waals surface area contributed by atoms with Crippen LogP contribution in [0.5, 0.6) is 11.5 Å². The molecule has 1 N–H and O–H groups in total. The average Bonchev–Trinajstić information content (AvgIpc) is 2.96. The monoisotopic (exact) mass is 655 g/mol. The molecule has 11 heteroatoms. The molecule has 0 unspecified atom stereocenters. The predicted molar refractivity (Wildman–Crippen MR) is 165 cm³/mol. The van der Waals surface area contributed by atoms with Crippen LogP contribution in [0.25, 0.3) is 0 Å². The van der Waals surface area contributed by atoms with Crippen molar-refractivity contribution in [1.29, 1.82) is 0 Å². The van der Waals surface area contributed by atoms with Crippen molar-refractivity contribution >= 4 is 55.4 Å². The van der Waals surface area contributed by atoms with Gasteiger partial charge in [-0.25, -0.2) is 13.8 Å². The number of nitrogens with one attached hydrogen (secondary N) is 1. The van der Waals surface area contributed by atoms with E-state index >= 15 is 0 Å². The van der Waals surface area contributed by atoms with E-state index in [-0.39, 0.29) is 6.54 Å². The second kappa shape index (κ2) is 13.7. The largest absolute Gasteiger partial charge is 0.493 e. The van der Waals surface area contributed by atoms with E-state index in [1.165, 1.54) is 10.5 Å². The summed E-state index contributed by atoms with van der Waals surface area (Å²) in [6.45, 7) is 0.502. The molecular formula is C30H27BrClN3O5S. The molecule has 4 aromatic rings. The maximum atomic E-state index is 12.7. The van der Waals surface area contributed by atoms with Gasteiger partial charge in [-0.1, -0.05) is 54.1 Å². The van der Waals surface area contributed by atoms with Gasteiger partial charge in [0, 0.05) is 10.6 Å². The van der Waals surface area contributed by atoms with Gasteiger partial charge in [-0.2, -0.15) is 5.10 Å². The third kappa shape index (κ3) is 8.32. The number of amides is 1. The second-order valence-electron chi connectivity index (χ2n) is 8.95. The number of halogens is 2. The van der Waals surface area contributed by atoms with Crippen molar-refractivity contribution in [3.63, 3.8) is 0 Å². The van der Waals surface area contributed by atoms with Crippen LogP contribution in [-0.4, -0.2) is 33.9 Å². The van der Waals surface area contributed by atoms with E-state index in [1.807, 2.05) is 30.3 Å². The fraction of sp³-hybridized carbons (Fsp3) is 0.133. The summed E-state index contributed by atoms with van der Waals surface area (Å²) in [5.41, 5.74) is 5.69. The number of rotatable bonds is 11. The zero-order chi connectivity index (χ0) is 29.4. The fourth-order valence-electron chi connectivity index (χ4n) is 3.85. The van der Waals surface area contributed by atoms with Crippen molar-refractivity contribution in [3.8, 4) is 11.5 Å². The fourth-order valence-corrected chi connectivity index (χ4v) is 5.44. The number of hydrazone groups is 1. The topological polar surface area (TPSA) is 97.3 Å². The molecule has 0 saturated carbocycles. The van der Waals surface area contributed by atoms with E-state index in [0.29, 0.717) is 44.4 Å². The molecule has 0 saturated heterocycles. The van der Waals surface area contributed by atoms with Crippen LogP contribution in [0.1, 0.15) is 27.0 Å². The van der Waals surface area contributed by atoms with Crippen LogP contribution >= 0.6 is 27.5 Å². The van der Waals surface area contributed by atoms with Crippen LogP contribution in [0, 0.1) is 0 Å². The molecule has 8 nitrogen and oxygen atoms in total. The van der Waals surface area contributed by atoms with Crippen LogP contribution < -0.4 is 19.2 Å². The summed E-state index contributed by atoms with van der Waals surface area (Å²) in [5.74, 6) is 0.606. The molecule has 0 radical (unpaired) electrons. The highest BCUT2D eigenvalue weighted by Gasteiger charge is 2.18. The number of sulfonamides is 1. The van der Waals surface area contributed by atoms with Crippen molar-refractivity contribution in [2.45, 2.75) is 13.2 Å². The molecule has 0 atom stereocenters. The van der Waals surface area contributed by atoms with E-state index in [1.54, 1.807) is 67.8 Å². The lowest BCUT2D eigenvalue weighted by atomic mass is 10.2. The number of hydrogen-bond donors (Lipinski definition) is 1. The molecule has 0 fully saturated rings. The third-order valence-electron chi connectivity index (χ3n) is 5.91. The molecule has 0 heterocycles. The summed E-state index contributed by atoms with van der Waals surface area (Å²) in [5, 5.41) is 4.62. The summed E-state index contributed by atoms with van der Waals surface area (Å²) in [7, 11) is -2.04. The summed E-state index contributed by atoms with van der Waals surface area (Å²) < 4.78 is 38.3. The highest BCUT2D eigenvalue weighted by atomic mass is 79.9. The van der Waals surface area contributed by atoms with E-state index in [9.17, 15) is 13.2 Å². The molecule has 0 bridgehead atoms. The molecule has 0 spiro atoms. The van der Waals surface area contributed by atoms with Gasteiger partial charge in [0.2, 0.25) is 10.0 Å². The minimum Gasteiger partial charge on any atom is -0.493 e. The van der Waals surface area contributed by atoms with Gasteiger partial charge in [0.1, 0.15) is 6.61 Å². The summed E-state index contributed by atoms with van der Waals surface area (Å²) in [6.07, 6.45) is 2.62. The van der Waals surface area contributed by atoms with Gasteiger partial charge in [-0.3, -0.25) is 9.10 Å². The SMILES string of the molecule is COc1cc(/C=N\NC(=O)c2ccc(N(Cc3ccc(Cl)cc3)S(C)(=O)=O)cc2)cc(Br)c1OCc1ccccc1. The van der Waals surface area contributed by atoms with Gasteiger partial charge in [0.25, 0.3) is 5.91 Å². The Hall–Kier alpha value is -3.86. The standard InChI is InChI=1S/C30H27BrClN3O5S/c1-39-28-17-23(16-27(31)29(28)40-20-22-6-4-3-5-7-22)18-33-34-30(36)24-10-14-26(15-11-24)35(41(2,37)38)19-21-8-12-25(32)13-9-21/h3-18H,19-20H2,1-2H3,(H,34,36)/b33-18-. The number of nitrogens with zero attached hydrogens (tertiary/aromatic N) is 2. The zero-order valence-corrected chi connectivity index (χ0v) is 25.4. The predicted octanol–water partition coefficient (Wildman–Crippen LogP) is 6.42. The Kier molecular flexibility index (Phi) is 10.0. The highest BCUT2D eigenvalue weighted by molar-refractivity contribution is 9.10. The highest BCUT2D eigenvalue weighted by Crippen LogP contribution is 2.37. The first-order valence-electron chi connectivity index (χ1n) is 12.3. The van der Waals surface area contributed by atoms with Crippen molar-refractivity contribution < 1.29 is 22.7 Å². The maximum Gasteiger partial charge on any atom is 0.271 e. The van der Waals surface area contributed by atoms with Gasteiger partial charge in [0.05, 0.1) is 36.3 Å². The van der Waals surface area contributed by atoms with E-state index < -0.39 is 15.9 Å². The molecule has 4 aromatic carbocycles. The smallest absolute Gasteiger partial charge is 0.271 e. The number of methoxy groups -OCH3 is 1. The first-order valence-corrected chi connectivity index (χ1v) is 15.4. The molecular weight excluding hydrogens is 630 g/mol. The van der Waals surface area contributed by atoms with E-state index in [2.05, 4.69) is 26.5 Å². The van der Waals surface area contributed by atoms with E-state index in [0.717, 1.165) is 17.4 Å². The molecule has 0 aliphatic rings. The molecule has 1 amide bonds. The lowest BCUT2D eigenvalue weighted by molar-refractivity contribution is 0.0955. The van der Waals surface area contributed by atoms with Crippen molar-refractivity contribution in [3.05, 3.63) is 123 Å². The Balaban J connectivity index is 1.41. The van der Waals surface area contributed by atoms with Crippen LogP contribution in [0.2, 0.25) is 5.02 Å². The Morgan fingerprint density at radius 2 is 1.68 bits per heavy atom. The number of ether oxygens (including phenoxy) is 2. The molecule has 41 heavy (non-hydrogen) atoms. The Labute approximate surface area is 252 Å². The third-order valence-corrected chi connectivity index (χ3v) is 7.90. The van der Waals surface area contributed by atoms with Gasteiger partial charge >= 0.3 is 0 Å². The number of hydrogen-bond acceptors (Lipinski definition) is 6. The summed E-state index contributed by atoms with van der Waals surface area (Å²) in [4.78, 5) is 12.7. The minimum atomic E-state index is -3.58. The number of benzene rings is 4. The lowest BCUT2D eigenvalue weighted by Gasteiger charge is -2.22. The molecule has 0 aliphatic carbocycles. The van der Waals surface area contributed by atoms with Gasteiger partial charge in [-0.05, 0) is 81.2 Å². The first kappa shape index (κ1) is 30.1. The molecule has 0 aliphatic heterocycles. The number of carbonyl (C=O) groups excluding carboxylic acids is 1. The van der Waals surface area contributed by atoms with Gasteiger partial charge in [0.15, 0.2) is 11.5 Å². The van der Waals surface area contributed by atoms with Crippen molar-refractivity contribution in [2.75, 3.05) is 17.7 Å². The average molecular weight is 657 g/mol. The second-order valence-corrected chi connectivity index (χ2v) is 12.1. The molecule has 0 aromatic heterocycles. The number of carbonyl (C=O) groups is 1. The first-order chi connectivity index (χ1) is 19.6. The zero-order valence-electron chi connectivity index (χ0n) is 22.3. The molecule has 4 rings (SSSR count). The van der Waals surface area contributed by atoms with Crippen LogP contribution in [0.4, 0.5) is 5.69 Å². The summed E-state index contributed by atoms with van der Waals surface area (Å²) in [6, 6.07) is 26.5. The Morgan fingerprint density at radius 1 is 1.00 bits per heavy atom. The maximum absolute atomic E-state index is 12.7. The van der Waals surface area contributed by atoms with Crippen LogP contribution in [0.15, 0.2) is 101 Å². The quantitative estimate of drug-likeness (QED) is 0.149. The Bertz CT molecular complexity index is 1630. The van der Waals surface area contributed by atoms with Crippen molar-refractivity contribution in [2.24, 2.45) is 5.10 Å². The lowest BCUT2D eigenvalue weighted by Crippen LogP contribution is -2.29. The van der Waals surface area contributed by atoms with Gasteiger partial charge < -0.3 is 9.47 Å². The normalized spacial score (nSPS) is 11.3. The molecule has 212 valence electrons. The number of anilines is 1. The Morgan fingerprint density at radius 3 is 2.32 bits per heavy atom.